The highest BCUT2D eigenvalue weighted by molar-refractivity contribution is 6.05. The molecule has 3 heterocycles. The lowest BCUT2D eigenvalue weighted by Gasteiger charge is -2.41. The third-order valence-electron chi connectivity index (χ3n) is 9.13. The van der Waals surface area contributed by atoms with Gasteiger partial charge in [0.05, 0.1) is 30.8 Å². The number of ether oxygens (including phenoxy) is 2. The molecule has 1 aromatic rings. The Morgan fingerprint density at radius 2 is 1.95 bits per heavy atom. The van der Waals surface area contributed by atoms with Crippen LogP contribution >= 0.6 is 0 Å². The monoisotopic (exact) mass is 526 g/mol. The number of carbonyl (C=O) groups excluding carboxylic acids is 3. The van der Waals surface area contributed by atoms with Crippen molar-refractivity contribution in [1.29, 1.82) is 0 Å². The fourth-order valence-electron chi connectivity index (χ4n) is 7.32. The highest BCUT2D eigenvalue weighted by Crippen LogP contribution is 2.66. The summed E-state index contributed by atoms with van der Waals surface area (Å²) in [7, 11) is 0. The molecule has 0 aromatic heterocycles. The molecule has 8 nitrogen and oxygen atoms in total. The third-order valence-corrected chi connectivity index (χ3v) is 9.13. The van der Waals surface area contributed by atoms with Crippen LogP contribution in [-0.2, 0) is 23.9 Å². The van der Waals surface area contributed by atoms with E-state index in [1.54, 1.807) is 17.9 Å². The number of fused-ring (bicyclic) bond motifs is 1. The molecule has 0 saturated carbocycles. The molecule has 208 valence electrons. The number of anilines is 1. The van der Waals surface area contributed by atoms with E-state index in [1.165, 1.54) is 4.90 Å². The van der Waals surface area contributed by atoms with E-state index in [9.17, 15) is 19.5 Å². The van der Waals surface area contributed by atoms with E-state index in [-0.39, 0.29) is 43.4 Å². The summed E-state index contributed by atoms with van der Waals surface area (Å²) >= 11 is 0. The lowest BCUT2D eigenvalue weighted by Crippen LogP contribution is -2.60. The molecule has 0 aliphatic carbocycles. The lowest BCUT2D eigenvalue weighted by atomic mass is 9.62. The first-order valence-corrected chi connectivity index (χ1v) is 13.7. The number of para-hydroxylation sites is 1. The van der Waals surface area contributed by atoms with Crippen molar-refractivity contribution in [2.45, 2.75) is 78.2 Å². The number of aryl methyl sites for hydroxylation is 2. The molecule has 2 amide bonds. The number of aliphatic hydroxyl groups is 1. The largest absolute Gasteiger partial charge is 0.466 e. The summed E-state index contributed by atoms with van der Waals surface area (Å²) in [5.41, 5.74) is 0.468. The molecule has 3 saturated heterocycles. The number of likely N-dealkylation sites (tertiary alicyclic amines) is 1. The first-order chi connectivity index (χ1) is 17.9. The zero-order valence-electron chi connectivity index (χ0n) is 23.7. The van der Waals surface area contributed by atoms with Gasteiger partial charge in [0.15, 0.2) is 0 Å². The SMILES string of the molecule is C=CCN(C(=O)C1N([C@@H](CO)C(C)C)C(=O)[C@@H]2[C@@H](C(=O)OCC)[C@]3(C)OC12CC3C)c1c(C)cccc1C. The van der Waals surface area contributed by atoms with Gasteiger partial charge in [0.2, 0.25) is 5.91 Å². The smallest absolute Gasteiger partial charge is 0.312 e. The second kappa shape index (κ2) is 10.1. The minimum atomic E-state index is -1.21. The Balaban J connectivity index is 1.93. The maximum atomic E-state index is 14.8. The molecule has 1 spiro atoms. The number of amides is 2. The molecule has 7 atom stereocenters. The normalized spacial score (nSPS) is 32.4. The van der Waals surface area contributed by atoms with Crippen molar-refractivity contribution in [1.82, 2.24) is 4.90 Å². The van der Waals surface area contributed by atoms with E-state index in [0.29, 0.717) is 6.42 Å². The summed E-state index contributed by atoms with van der Waals surface area (Å²) < 4.78 is 12.2. The Labute approximate surface area is 226 Å². The zero-order valence-corrected chi connectivity index (χ0v) is 23.7. The minimum absolute atomic E-state index is 0.0871. The van der Waals surface area contributed by atoms with Crippen LogP contribution in [0.1, 0.15) is 52.2 Å². The van der Waals surface area contributed by atoms with Gasteiger partial charge in [-0.1, -0.05) is 45.0 Å². The van der Waals surface area contributed by atoms with Crippen LogP contribution < -0.4 is 4.90 Å². The van der Waals surface area contributed by atoms with Crippen LogP contribution in [0.15, 0.2) is 30.9 Å². The minimum Gasteiger partial charge on any atom is -0.466 e. The Hall–Kier alpha value is -2.71. The van der Waals surface area contributed by atoms with Crippen LogP contribution in [0.5, 0.6) is 0 Å². The van der Waals surface area contributed by atoms with Gasteiger partial charge in [0, 0.05) is 12.2 Å². The van der Waals surface area contributed by atoms with Gasteiger partial charge in [-0.2, -0.15) is 0 Å². The molecule has 1 aromatic carbocycles. The van der Waals surface area contributed by atoms with Gasteiger partial charge in [0.1, 0.15) is 17.6 Å². The van der Waals surface area contributed by atoms with E-state index in [2.05, 4.69) is 6.58 Å². The summed E-state index contributed by atoms with van der Waals surface area (Å²) in [6.45, 7) is 17.4. The van der Waals surface area contributed by atoms with Crippen LogP contribution in [0.3, 0.4) is 0 Å². The highest BCUT2D eigenvalue weighted by atomic mass is 16.6. The number of aliphatic hydroxyl groups excluding tert-OH is 1. The van der Waals surface area contributed by atoms with Gasteiger partial charge >= 0.3 is 5.97 Å². The maximum Gasteiger partial charge on any atom is 0.312 e. The fraction of sp³-hybridized carbons (Fsp3) is 0.633. The molecule has 0 radical (unpaired) electrons. The maximum absolute atomic E-state index is 14.8. The molecule has 3 aliphatic heterocycles. The van der Waals surface area contributed by atoms with Crippen molar-refractivity contribution in [2.75, 3.05) is 24.7 Å². The van der Waals surface area contributed by atoms with Crippen molar-refractivity contribution >= 4 is 23.5 Å². The van der Waals surface area contributed by atoms with Gasteiger partial charge in [-0.3, -0.25) is 14.4 Å². The predicted molar refractivity (Wildman–Crippen MR) is 144 cm³/mol. The molecule has 3 fully saturated rings. The van der Waals surface area contributed by atoms with Gasteiger partial charge in [-0.05, 0) is 57.1 Å². The number of nitrogens with zero attached hydrogens (tertiary/aromatic N) is 2. The number of hydrogen-bond donors (Lipinski definition) is 1. The van der Waals surface area contributed by atoms with Crippen LogP contribution in [0, 0.1) is 37.5 Å². The highest BCUT2D eigenvalue weighted by Gasteiger charge is 2.81. The van der Waals surface area contributed by atoms with Crippen molar-refractivity contribution in [3.8, 4) is 0 Å². The van der Waals surface area contributed by atoms with E-state index < -0.39 is 41.1 Å². The number of hydrogen-bond acceptors (Lipinski definition) is 6. The lowest BCUT2D eigenvalue weighted by molar-refractivity contribution is -0.162. The molecule has 3 unspecified atom stereocenters. The Morgan fingerprint density at radius 1 is 1.32 bits per heavy atom. The molecular formula is C30H42N2O6. The first-order valence-electron chi connectivity index (χ1n) is 13.7. The van der Waals surface area contributed by atoms with Gasteiger partial charge in [0.25, 0.3) is 5.91 Å². The van der Waals surface area contributed by atoms with E-state index in [4.69, 9.17) is 9.47 Å². The topological polar surface area (TPSA) is 96.4 Å². The summed E-state index contributed by atoms with van der Waals surface area (Å²) in [5.74, 6) is -3.02. The molecule has 38 heavy (non-hydrogen) atoms. The van der Waals surface area contributed by atoms with E-state index in [0.717, 1.165) is 16.8 Å². The van der Waals surface area contributed by atoms with Gasteiger partial charge in [-0.15, -0.1) is 6.58 Å². The summed E-state index contributed by atoms with van der Waals surface area (Å²) in [5, 5.41) is 10.4. The van der Waals surface area contributed by atoms with Crippen LogP contribution in [-0.4, -0.2) is 70.8 Å². The fourth-order valence-corrected chi connectivity index (χ4v) is 7.32. The van der Waals surface area contributed by atoms with E-state index in [1.807, 2.05) is 59.7 Å². The average molecular weight is 527 g/mol. The number of carbonyl (C=O) groups is 3. The predicted octanol–water partition coefficient (Wildman–Crippen LogP) is 3.41. The number of esters is 1. The summed E-state index contributed by atoms with van der Waals surface area (Å²) in [4.78, 5) is 45.7. The number of benzene rings is 1. The van der Waals surface area contributed by atoms with Crippen LogP contribution in [0.2, 0.25) is 0 Å². The third kappa shape index (κ3) is 3.90. The van der Waals surface area contributed by atoms with Crippen molar-refractivity contribution < 1.29 is 29.0 Å². The van der Waals surface area contributed by atoms with Crippen LogP contribution in [0.25, 0.3) is 0 Å². The Kier molecular flexibility index (Phi) is 7.53. The second-order valence-corrected chi connectivity index (χ2v) is 11.7. The molecule has 3 aliphatic rings. The van der Waals surface area contributed by atoms with Gasteiger partial charge in [-0.25, -0.2) is 0 Å². The first kappa shape index (κ1) is 28.3. The van der Waals surface area contributed by atoms with Gasteiger partial charge < -0.3 is 24.4 Å². The second-order valence-electron chi connectivity index (χ2n) is 11.7. The number of rotatable bonds is 9. The molecule has 8 heteroatoms. The zero-order chi connectivity index (χ0) is 28.2. The molecule has 4 rings (SSSR count). The summed E-state index contributed by atoms with van der Waals surface area (Å²) in [6, 6.07) is 4.22. The Bertz CT molecular complexity index is 1110. The summed E-state index contributed by atoms with van der Waals surface area (Å²) in [6.07, 6.45) is 2.12. The average Bonchev–Trinajstić information content (AvgIpc) is 3.35. The Morgan fingerprint density at radius 3 is 2.47 bits per heavy atom. The van der Waals surface area contributed by atoms with Crippen molar-refractivity contribution in [3.63, 3.8) is 0 Å². The quantitative estimate of drug-likeness (QED) is 0.391. The van der Waals surface area contributed by atoms with Crippen LogP contribution in [0.4, 0.5) is 5.69 Å². The standard InChI is InChI=1S/C30H42N2O6/c1-9-14-31(24-18(5)12-11-13-19(24)6)27(35)25-30-15-20(7)29(8,38-30)23(28(36)37-10-2)22(30)26(34)32(25)21(16-33)17(3)4/h9,11-13,17,20-23,25,33H,1,10,14-16H2,2-8H3/t20?,21-,22-,23-,25?,29+,30?/m0/s1. The van der Waals surface area contributed by atoms with E-state index >= 15 is 0 Å². The molecule has 1 N–H and O–H groups in total. The molecular weight excluding hydrogens is 484 g/mol. The molecule has 2 bridgehead atoms. The van der Waals surface area contributed by atoms with Crippen molar-refractivity contribution in [2.24, 2.45) is 23.7 Å². The van der Waals surface area contributed by atoms with Crippen molar-refractivity contribution in [3.05, 3.63) is 42.0 Å².